The third-order valence-corrected chi connectivity index (χ3v) is 7.65. The largest absolute Gasteiger partial charge is 0.497 e. The Morgan fingerprint density at radius 1 is 0.857 bits per heavy atom. The van der Waals surface area contributed by atoms with Gasteiger partial charge in [-0.05, 0) is 59.5 Å². The number of hydrogen-bond acceptors (Lipinski definition) is 7. The van der Waals surface area contributed by atoms with E-state index in [2.05, 4.69) is 0 Å². The number of carbonyl (C=O) groups is 1. The van der Waals surface area contributed by atoms with Crippen molar-refractivity contribution >= 4 is 16.9 Å². The van der Waals surface area contributed by atoms with E-state index in [9.17, 15) is 9.59 Å². The molecule has 2 heterocycles. The summed E-state index contributed by atoms with van der Waals surface area (Å²) in [6.07, 6.45) is 0.864. The van der Waals surface area contributed by atoms with Crippen LogP contribution in [0.1, 0.15) is 34.6 Å². The van der Waals surface area contributed by atoms with Crippen molar-refractivity contribution < 1.29 is 28.2 Å². The fraction of sp³-hybridized carbons (Fsp3) is 0.200. The lowest BCUT2D eigenvalue weighted by atomic mass is 9.82. The summed E-state index contributed by atoms with van der Waals surface area (Å²) < 4.78 is 28.6. The Bertz CT molecular complexity index is 1820. The van der Waals surface area contributed by atoms with Gasteiger partial charge in [0.2, 0.25) is 0 Å². The second kappa shape index (κ2) is 11.4. The molecule has 5 aromatic rings. The zero-order valence-electron chi connectivity index (χ0n) is 23.6. The maximum absolute atomic E-state index is 13.1. The Kier molecular flexibility index (Phi) is 7.40. The molecule has 42 heavy (non-hydrogen) atoms. The monoisotopic (exact) mass is 562 g/mol. The summed E-state index contributed by atoms with van der Waals surface area (Å²) in [6, 6.07) is 26.5. The standard InChI is InChI=1S/C35H30O7/c1-21-17-30-34(26(19-31(36)41-30)23-7-5-4-6-8-23)35-33(21)27(20-32(37)42-35)24-11-14-28(39-3)29(18-24)40-16-15-22-9-12-25(38-2)13-10-22/h4-14,17-19,27H,15-16,20H2,1-3H3/t27-/m1/s1. The average molecular weight is 563 g/mol. The van der Waals surface area contributed by atoms with Gasteiger partial charge in [0.05, 0.1) is 32.6 Å². The van der Waals surface area contributed by atoms with Crippen molar-refractivity contribution in [1.29, 1.82) is 0 Å². The van der Waals surface area contributed by atoms with Crippen LogP contribution >= 0.6 is 0 Å². The Morgan fingerprint density at radius 3 is 2.38 bits per heavy atom. The van der Waals surface area contributed by atoms with Gasteiger partial charge in [-0.3, -0.25) is 4.79 Å². The van der Waals surface area contributed by atoms with Crippen LogP contribution in [-0.4, -0.2) is 26.8 Å². The van der Waals surface area contributed by atoms with Gasteiger partial charge >= 0.3 is 11.6 Å². The summed E-state index contributed by atoms with van der Waals surface area (Å²) >= 11 is 0. The summed E-state index contributed by atoms with van der Waals surface area (Å²) in [5.41, 5.74) is 5.16. The van der Waals surface area contributed by atoms with E-state index in [1.807, 2.05) is 85.8 Å². The molecule has 6 rings (SSSR count). The molecule has 7 nitrogen and oxygen atoms in total. The highest BCUT2D eigenvalue weighted by Crippen LogP contribution is 2.48. The van der Waals surface area contributed by atoms with Gasteiger partial charge in [-0.1, -0.05) is 48.5 Å². The number of esters is 1. The molecular formula is C35H30O7. The Hall–Kier alpha value is -5.04. The fourth-order valence-corrected chi connectivity index (χ4v) is 5.62. The van der Waals surface area contributed by atoms with Crippen molar-refractivity contribution in [2.24, 2.45) is 0 Å². The Labute approximate surface area is 243 Å². The highest BCUT2D eigenvalue weighted by atomic mass is 16.5. The van der Waals surface area contributed by atoms with Crippen molar-refractivity contribution in [2.75, 3.05) is 20.8 Å². The van der Waals surface area contributed by atoms with Crippen LogP contribution in [0.2, 0.25) is 0 Å². The van der Waals surface area contributed by atoms with E-state index in [1.165, 1.54) is 6.07 Å². The number of ether oxygens (including phenoxy) is 4. The average Bonchev–Trinajstić information content (AvgIpc) is 3.00. The summed E-state index contributed by atoms with van der Waals surface area (Å²) in [4.78, 5) is 25.6. The molecule has 0 spiro atoms. The maximum atomic E-state index is 13.1. The first-order valence-corrected chi connectivity index (χ1v) is 13.8. The Balaban J connectivity index is 1.40. The molecule has 0 N–H and O–H groups in total. The predicted octanol–water partition coefficient (Wildman–Crippen LogP) is 6.85. The number of rotatable bonds is 8. The smallest absolute Gasteiger partial charge is 0.336 e. The van der Waals surface area contributed by atoms with Gasteiger partial charge < -0.3 is 23.4 Å². The molecule has 4 aromatic carbocycles. The van der Waals surface area contributed by atoms with E-state index >= 15 is 0 Å². The lowest BCUT2D eigenvalue weighted by molar-refractivity contribution is -0.135. The van der Waals surface area contributed by atoms with Crippen LogP contribution in [0.4, 0.5) is 0 Å². The van der Waals surface area contributed by atoms with Crippen LogP contribution in [-0.2, 0) is 11.2 Å². The van der Waals surface area contributed by atoms with Crippen LogP contribution in [0.3, 0.4) is 0 Å². The minimum atomic E-state index is -0.467. The highest BCUT2D eigenvalue weighted by molar-refractivity contribution is 6.01. The summed E-state index contributed by atoms with van der Waals surface area (Å²) in [6.45, 7) is 2.38. The number of fused-ring (bicyclic) bond motifs is 3. The topological polar surface area (TPSA) is 84.2 Å². The van der Waals surface area contributed by atoms with E-state index in [0.717, 1.165) is 33.6 Å². The molecule has 0 bridgehead atoms. The molecular weight excluding hydrogens is 532 g/mol. The number of aryl methyl sites for hydroxylation is 1. The highest BCUT2D eigenvalue weighted by Gasteiger charge is 2.33. The van der Waals surface area contributed by atoms with Gasteiger partial charge in [0.1, 0.15) is 17.1 Å². The molecule has 1 aromatic heterocycles. The van der Waals surface area contributed by atoms with Gasteiger partial charge in [-0.25, -0.2) is 4.79 Å². The molecule has 0 aliphatic carbocycles. The SMILES string of the molecule is COc1ccc(CCOc2cc([C@H]3CC(=O)Oc4c3c(C)cc3oc(=O)cc(-c5ccccc5)c43)ccc2OC)cc1. The van der Waals surface area contributed by atoms with Gasteiger partial charge in [0.15, 0.2) is 11.5 Å². The molecule has 0 unspecified atom stereocenters. The predicted molar refractivity (Wildman–Crippen MR) is 160 cm³/mol. The first-order chi connectivity index (χ1) is 20.4. The zero-order valence-corrected chi connectivity index (χ0v) is 23.6. The zero-order chi connectivity index (χ0) is 29.2. The van der Waals surface area contributed by atoms with Crippen LogP contribution < -0.4 is 24.6 Å². The van der Waals surface area contributed by atoms with E-state index in [1.54, 1.807) is 14.2 Å². The van der Waals surface area contributed by atoms with Crippen molar-refractivity contribution in [3.05, 3.63) is 118 Å². The maximum Gasteiger partial charge on any atom is 0.336 e. The van der Waals surface area contributed by atoms with E-state index in [-0.39, 0.29) is 18.3 Å². The molecule has 0 saturated heterocycles. The lowest BCUT2D eigenvalue weighted by Crippen LogP contribution is -2.22. The van der Waals surface area contributed by atoms with Crippen molar-refractivity contribution in [3.8, 4) is 34.1 Å². The number of methoxy groups -OCH3 is 2. The minimum absolute atomic E-state index is 0.161. The summed E-state index contributed by atoms with van der Waals surface area (Å²) in [7, 11) is 3.25. The van der Waals surface area contributed by atoms with Gasteiger partial charge in [0.25, 0.3) is 0 Å². The van der Waals surface area contributed by atoms with E-state index < -0.39 is 5.63 Å². The first-order valence-electron chi connectivity index (χ1n) is 13.8. The molecule has 1 aliphatic rings. The molecule has 212 valence electrons. The van der Waals surface area contributed by atoms with Crippen molar-refractivity contribution in [3.63, 3.8) is 0 Å². The third-order valence-electron chi connectivity index (χ3n) is 7.65. The normalized spacial score (nSPS) is 14.3. The van der Waals surface area contributed by atoms with Crippen LogP contribution in [0, 0.1) is 6.92 Å². The van der Waals surface area contributed by atoms with Gasteiger partial charge in [-0.2, -0.15) is 0 Å². The first kappa shape index (κ1) is 27.1. The van der Waals surface area contributed by atoms with Crippen LogP contribution in [0.15, 0.2) is 94.1 Å². The summed E-state index contributed by atoms with van der Waals surface area (Å²) in [5.74, 6) is 1.78. The number of hydrogen-bond donors (Lipinski definition) is 0. The minimum Gasteiger partial charge on any atom is -0.497 e. The third kappa shape index (κ3) is 5.21. The number of carbonyl (C=O) groups excluding carboxylic acids is 1. The summed E-state index contributed by atoms with van der Waals surface area (Å²) in [5, 5.41) is 0.601. The molecule has 7 heteroatoms. The molecule has 0 radical (unpaired) electrons. The van der Waals surface area contributed by atoms with E-state index in [0.29, 0.717) is 46.8 Å². The van der Waals surface area contributed by atoms with Crippen LogP contribution in [0.25, 0.3) is 22.1 Å². The second-order valence-electron chi connectivity index (χ2n) is 10.2. The van der Waals surface area contributed by atoms with Crippen molar-refractivity contribution in [2.45, 2.75) is 25.7 Å². The lowest BCUT2D eigenvalue weighted by Gasteiger charge is -2.28. The van der Waals surface area contributed by atoms with Gasteiger partial charge in [0, 0.05) is 29.5 Å². The molecule has 0 fully saturated rings. The molecule has 0 saturated carbocycles. The molecule has 1 atom stereocenters. The number of benzene rings is 4. The fourth-order valence-electron chi connectivity index (χ4n) is 5.62. The molecule has 0 amide bonds. The molecule has 1 aliphatic heterocycles. The quantitative estimate of drug-likeness (QED) is 0.116. The van der Waals surface area contributed by atoms with Crippen LogP contribution in [0.5, 0.6) is 23.0 Å². The van der Waals surface area contributed by atoms with Gasteiger partial charge in [-0.15, -0.1) is 0 Å². The van der Waals surface area contributed by atoms with Crippen molar-refractivity contribution in [1.82, 2.24) is 0 Å². The Morgan fingerprint density at radius 2 is 1.64 bits per heavy atom. The second-order valence-corrected chi connectivity index (χ2v) is 10.2. The van der Waals surface area contributed by atoms with E-state index in [4.69, 9.17) is 23.4 Å².